The van der Waals surface area contributed by atoms with E-state index in [0.717, 1.165) is 52.2 Å². The van der Waals surface area contributed by atoms with E-state index >= 15 is 0 Å². The predicted octanol–water partition coefficient (Wildman–Crippen LogP) is 12.3. The summed E-state index contributed by atoms with van der Waals surface area (Å²) in [6.07, 6.45) is 4.33. The van der Waals surface area contributed by atoms with Gasteiger partial charge in [0.15, 0.2) is 0 Å². The summed E-state index contributed by atoms with van der Waals surface area (Å²) >= 11 is 1.69. The van der Waals surface area contributed by atoms with Crippen molar-refractivity contribution in [3.8, 4) is 28.3 Å². The van der Waals surface area contributed by atoms with Crippen LogP contribution in [0.25, 0.3) is 60.2 Å². The van der Waals surface area contributed by atoms with Crippen molar-refractivity contribution in [2.75, 3.05) is 0 Å². The normalized spacial score (nSPS) is 11.6. The molecular formula is C47H47IrN3SSi-2. The molecule has 0 saturated heterocycles. The minimum Gasteiger partial charge on any atom is -0.333 e. The van der Waals surface area contributed by atoms with Crippen molar-refractivity contribution in [3.63, 3.8) is 0 Å². The number of nitrogens with zero attached hydrogens (tertiary/aromatic N) is 3. The zero-order chi connectivity index (χ0) is 36.4. The number of pyridine rings is 1. The fraction of sp³-hybridized carbons (Fsp3) is 0.234. The molecule has 0 aliphatic heterocycles. The number of fused-ring (bicyclic) bond motifs is 3. The standard InChI is InChI=1S/C29H23N2S.C18H24NSi.Ir/c1-19(2)16-20-14-15-23-24(18-32-28(23)17-20)29-30-25-11-5-6-12-27(25)31(29)26-13-7-9-21-8-3-4-10-22(21)26;1-14(2)11-16-12-17(15-9-7-6-8-10-15)19-13-18(16)20(3,4)5;/h3-15,17,19H,16H2,1-2H3;6-9,12-14H,11H2,1-5H3;/q2*-1;. The number of hydrogen-bond donors (Lipinski definition) is 0. The monoisotopic (exact) mass is 906 g/mol. The molecule has 0 saturated carbocycles. The van der Waals surface area contributed by atoms with Crippen LogP contribution in [0.15, 0.2) is 121 Å². The first kappa shape index (κ1) is 38.5. The summed E-state index contributed by atoms with van der Waals surface area (Å²) in [5.74, 6) is 2.26. The van der Waals surface area contributed by atoms with Gasteiger partial charge in [-0.15, -0.1) is 47.3 Å². The average Bonchev–Trinajstić information content (AvgIpc) is 3.72. The molecule has 271 valence electrons. The molecular weight excluding hydrogens is 859 g/mol. The van der Waals surface area contributed by atoms with E-state index in [4.69, 9.17) is 4.98 Å². The van der Waals surface area contributed by atoms with Gasteiger partial charge in [0.2, 0.25) is 0 Å². The first-order valence-corrected chi connectivity index (χ1v) is 22.7. The third-order valence-corrected chi connectivity index (χ3v) is 12.4. The molecule has 0 unspecified atom stereocenters. The number of rotatable bonds is 8. The van der Waals surface area contributed by atoms with Crippen LogP contribution in [0, 0.1) is 23.3 Å². The molecule has 0 bridgehead atoms. The summed E-state index contributed by atoms with van der Waals surface area (Å²) in [6.45, 7) is 16.3. The van der Waals surface area contributed by atoms with Crippen molar-refractivity contribution in [1.82, 2.24) is 14.5 Å². The third kappa shape index (κ3) is 8.47. The minimum atomic E-state index is -1.34. The number of thiophene rings is 1. The Kier molecular flexibility index (Phi) is 12.0. The topological polar surface area (TPSA) is 30.7 Å². The van der Waals surface area contributed by atoms with Gasteiger partial charge in [0.25, 0.3) is 0 Å². The van der Waals surface area contributed by atoms with Crippen molar-refractivity contribution in [3.05, 3.63) is 144 Å². The van der Waals surface area contributed by atoms with Crippen molar-refractivity contribution in [1.29, 1.82) is 0 Å². The predicted molar refractivity (Wildman–Crippen MR) is 227 cm³/mol. The van der Waals surface area contributed by atoms with Crippen LogP contribution in [0.4, 0.5) is 0 Å². The average molecular weight is 906 g/mol. The van der Waals surface area contributed by atoms with Gasteiger partial charge in [-0.2, -0.15) is 0 Å². The van der Waals surface area contributed by atoms with Crippen LogP contribution < -0.4 is 5.19 Å². The summed E-state index contributed by atoms with van der Waals surface area (Å²) < 4.78 is 3.58. The first-order chi connectivity index (χ1) is 25.1. The van der Waals surface area contributed by atoms with E-state index in [2.05, 4.69) is 172 Å². The molecule has 3 nitrogen and oxygen atoms in total. The Morgan fingerprint density at radius 2 is 1.49 bits per heavy atom. The summed E-state index contributed by atoms with van der Waals surface area (Å²) in [7, 11) is -1.34. The fourth-order valence-corrected chi connectivity index (χ4v) is 9.60. The van der Waals surface area contributed by atoms with E-state index in [1.807, 2.05) is 18.2 Å². The van der Waals surface area contributed by atoms with Crippen LogP contribution in [-0.2, 0) is 32.9 Å². The van der Waals surface area contributed by atoms with E-state index in [9.17, 15) is 0 Å². The zero-order valence-electron chi connectivity index (χ0n) is 31.7. The number of benzene rings is 5. The molecule has 8 aromatic rings. The van der Waals surface area contributed by atoms with Crippen LogP contribution in [0.1, 0.15) is 38.8 Å². The van der Waals surface area contributed by atoms with E-state index in [1.54, 1.807) is 11.3 Å². The molecule has 0 aliphatic rings. The Labute approximate surface area is 333 Å². The van der Waals surface area contributed by atoms with Gasteiger partial charge in [-0.3, -0.25) is 16.3 Å². The van der Waals surface area contributed by atoms with Crippen molar-refractivity contribution in [2.24, 2.45) is 11.8 Å². The minimum absolute atomic E-state index is 0. The fourth-order valence-electron chi connectivity index (χ4n) is 7.11. The number of para-hydroxylation sites is 2. The molecule has 0 atom stereocenters. The Hall–Kier alpha value is -4.19. The van der Waals surface area contributed by atoms with Crippen molar-refractivity contribution in [2.45, 2.75) is 60.2 Å². The van der Waals surface area contributed by atoms with Gasteiger partial charge in [0.1, 0.15) is 0 Å². The molecule has 6 heteroatoms. The molecule has 0 aliphatic carbocycles. The van der Waals surface area contributed by atoms with E-state index < -0.39 is 8.07 Å². The zero-order valence-corrected chi connectivity index (χ0v) is 35.9. The van der Waals surface area contributed by atoms with Crippen molar-refractivity contribution < 1.29 is 20.1 Å². The summed E-state index contributed by atoms with van der Waals surface area (Å²) in [6, 6.07) is 43.9. The third-order valence-electron chi connectivity index (χ3n) is 9.43. The van der Waals surface area contributed by atoms with Crippen LogP contribution in [-0.4, -0.2) is 22.6 Å². The number of hydrogen-bond acceptors (Lipinski definition) is 3. The molecule has 0 spiro atoms. The Bertz CT molecular complexity index is 2470. The molecule has 3 heterocycles. The van der Waals surface area contributed by atoms with Gasteiger partial charge < -0.3 is 9.55 Å². The number of imidazole rings is 1. The molecule has 0 fully saturated rings. The smallest absolute Gasteiger partial charge is 0.0798 e. The maximum absolute atomic E-state index is 5.10. The Morgan fingerprint density at radius 1 is 0.755 bits per heavy atom. The molecule has 1 radical (unpaired) electrons. The summed E-state index contributed by atoms with van der Waals surface area (Å²) in [4.78, 5) is 9.78. The van der Waals surface area contributed by atoms with E-state index in [0.29, 0.717) is 11.8 Å². The summed E-state index contributed by atoms with van der Waals surface area (Å²) in [5, 5.41) is 8.75. The molecule has 8 rings (SSSR count). The first-order valence-electron chi connectivity index (χ1n) is 18.4. The maximum Gasteiger partial charge on any atom is 0.0798 e. The van der Waals surface area contributed by atoms with Crippen molar-refractivity contribution >= 4 is 56.5 Å². The van der Waals surface area contributed by atoms with Gasteiger partial charge in [-0.1, -0.05) is 141 Å². The second-order valence-corrected chi connectivity index (χ2v) is 21.5. The number of aromatic nitrogens is 3. The summed E-state index contributed by atoms with van der Waals surface area (Å²) in [5.41, 5.74) is 9.32. The van der Waals surface area contributed by atoms with Crippen LogP contribution in [0.2, 0.25) is 19.6 Å². The Balaban J connectivity index is 0.000000199. The molecule has 5 aromatic carbocycles. The van der Waals surface area contributed by atoms with Gasteiger partial charge in [0.05, 0.1) is 24.9 Å². The quantitative estimate of drug-likeness (QED) is 0.112. The maximum atomic E-state index is 5.10. The molecule has 0 amide bonds. The molecule has 53 heavy (non-hydrogen) atoms. The van der Waals surface area contributed by atoms with Gasteiger partial charge in [-0.05, 0) is 59.1 Å². The Morgan fingerprint density at radius 3 is 2.25 bits per heavy atom. The van der Waals surface area contributed by atoms with Crippen LogP contribution >= 0.6 is 11.3 Å². The molecule has 0 N–H and O–H groups in total. The molecule has 3 aromatic heterocycles. The second-order valence-electron chi connectivity index (χ2n) is 15.6. The van der Waals surface area contributed by atoms with Crippen LogP contribution in [0.5, 0.6) is 0 Å². The SMILES string of the molecule is CC(C)Cc1cc(-c2[c-]cccc2)ncc1[Si](C)(C)C.CC(C)Cc1ccc2c(-c3nc4ccccc4n3-c3cccc4ccccc34)[c-]sc2c1.[Ir]. The van der Waals surface area contributed by atoms with Crippen LogP contribution in [0.3, 0.4) is 0 Å². The second kappa shape index (κ2) is 16.4. The van der Waals surface area contributed by atoms with Gasteiger partial charge >= 0.3 is 0 Å². The van der Waals surface area contributed by atoms with Gasteiger partial charge in [0, 0.05) is 37.4 Å². The van der Waals surface area contributed by atoms with Gasteiger partial charge in [-0.25, -0.2) is 0 Å². The largest absolute Gasteiger partial charge is 0.333 e. The van der Waals surface area contributed by atoms with E-state index in [1.165, 1.54) is 37.2 Å². The van der Waals surface area contributed by atoms with E-state index in [-0.39, 0.29) is 20.1 Å².